The lowest BCUT2D eigenvalue weighted by atomic mass is 9.78. The molecule has 98 valence electrons. The number of amides is 1. The van der Waals surface area contributed by atoms with Gasteiger partial charge in [0.25, 0.3) is 5.91 Å². The van der Waals surface area contributed by atoms with Gasteiger partial charge in [-0.1, -0.05) is 15.9 Å². The van der Waals surface area contributed by atoms with Crippen LogP contribution in [0.3, 0.4) is 0 Å². The third kappa shape index (κ3) is 2.51. The van der Waals surface area contributed by atoms with Gasteiger partial charge in [-0.2, -0.15) is 0 Å². The molecule has 0 atom stereocenters. The molecular formula is C13H15BrFNO2. The van der Waals surface area contributed by atoms with Crippen LogP contribution in [0.15, 0.2) is 18.2 Å². The summed E-state index contributed by atoms with van der Waals surface area (Å²) in [6.07, 6.45) is 2.96. The Kier molecular flexibility index (Phi) is 3.90. The number of nitrogens with one attached hydrogen (secondary N) is 1. The van der Waals surface area contributed by atoms with E-state index < -0.39 is 5.82 Å². The lowest BCUT2D eigenvalue weighted by Gasteiger charge is -2.41. The monoisotopic (exact) mass is 315 g/mol. The number of carbonyl (C=O) groups excluding carboxylic acids is 1. The van der Waals surface area contributed by atoms with Gasteiger partial charge in [0.15, 0.2) is 0 Å². The van der Waals surface area contributed by atoms with E-state index in [2.05, 4.69) is 21.2 Å². The fourth-order valence-electron chi connectivity index (χ4n) is 2.01. The molecule has 5 heteroatoms. The zero-order valence-corrected chi connectivity index (χ0v) is 11.7. The average molecular weight is 316 g/mol. The van der Waals surface area contributed by atoms with Crippen molar-refractivity contribution in [1.82, 2.24) is 5.32 Å². The van der Waals surface area contributed by atoms with Crippen LogP contribution < -0.4 is 10.1 Å². The van der Waals surface area contributed by atoms with Gasteiger partial charge in [-0.15, -0.1) is 0 Å². The highest BCUT2D eigenvalue weighted by Crippen LogP contribution is 2.33. The van der Waals surface area contributed by atoms with Crippen molar-refractivity contribution in [2.45, 2.75) is 24.8 Å². The second-order valence-corrected chi connectivity index (χ2v) is 5.13. The maximum Gasteiger partial charge on any atom is 0.254 e. The highest BCUT2D eigenvalue weighted by Gasteiger charge is 2.37. The first-order valence-electron chi connectivity index (χ1n) is 5.82. The molecule has 0 spiro atoms. The van der Waals surface area contributed by atoms with E-state index in [1.807, 2.05) is 0 Å². The Labute approximate surface area is 114 Å². The van der Waals surface area contributed by atoms with Crippen LogP contribution >= 0.6 is 15.9 Å². The minimum Gasteiger partial charge on any atom is -0.497 e. The molecule has 2 rings (SSSR count). The Hall–Kier alpha value is -1.10. The van der Waals surface area contributed by atoms with E-state index in [4.69, 9.17) is 4.74 Å². The maximum atomic E-state index is 13.7. The van der Waals surface area contributed by atoms with E-state index in [-0.39, 0.29) is 17.0 Å². The van der Waals surface area contributed by atoms with Crippen molar-refractivity contribution in [2.24, 2.45) is 0 Å². The number of alkyl halides is 1. The fraction of sp³-hybridized carbons (Fsp3) is 0.462. The summed E-state index contributed by atoms with van der Waals surface area (Å²) in [4.78, 5) is 12.0. The van der Waals surface area contributed by atoms with Gasteiger partial charge in [0, 0.05) is 11.4 Å². The molecule has 1 aliphatic rings. The van der Waals surface area contributed by atoms with Gasteiger partial charge in [0.1, 0.15) is 11.6 Å². The molecule has 0 saturated heterocycles. The topological polar surface area (TPSA) is 38.3 Å². The maximum absolute atomic E-state index is 13.7. The molecule has 0 heterocycles. The summed E-state index contributed by atoms with van der Waals surface area (Å²) in [6, 6.07) is 4.25. The predicted molar refractivity (Wildman–Crippen MR) is 70.8 cm³/mol. The van der Waals surface area contributed by atoms with Crippen molar-refractivity contribution in [3.63, 3.8) is 0 Å². The van der Waals surface area contributed by atoms with Crippen LogP contribution in [0.4, 0.5) is 4.39 Å². The Bertz CT molecular complexity index is 455. The molecule has 0 bridgehead atoms. The van der Waals surface area contributed by atoms with Crippen LogP contribution in [0.25, 0.3) is 0 Å². The van der Waals surface area contributed by atoms with Gasteiger partial charge >= 0.3 is 0 Å². The van der Waals surface area contributed by atoms with Crippen LogP contribution in [0, 0.1) is 5.82 Å². The molecular weight excluding hydrogens is 301 g/mol. The second-order valence-electron chi connectivity index (χ2n) is 4.57. The van der Waals surface area contributed by atoms with Crippen LogP contribution in [-0.4, -0.2) is 23.9 Å². The molecule has 18 heavy (non-hydrogen) atoms. The van der Waals surface area contributed by atoms with Crippen LogP contribution in [0.2, 0.25) is 0 Å². The first kappa shape index (κ1) is 13.3. The predicted octanol–water partition coefficient (Wildman–Crippen LogP) is 2.88. The molecule has 1 amide bonds. The average Bonchev–Trinajstić information content (AvgIpc) is 2.33. The summed E-state index contributed by atoms with van der Waals surface area (Å²) in [5.74, 6) is -0.520. The van der Waals surface area contributed by atoms with E-state index in [1.165, 1.54) is 19.2 Å². The van der Waals surface area contributed by atoms with E-state index in [1.54, 1.807) is 6.07 Å². The quantitative estimate of drug-likeness (QED) is 0.868. The van der Waals surface area contributed by atoms with Gasteiger partial charge in [-0.3, -0.25) is 4.79 Å². The number of hydrogen-bond donors (Lipinski definition) is 1. The largest absolute Gasteiger partial charge is 0.497 e. The third-order valence-corrected chi connectivity index (χ3v) is 4.44. The zero-order chi connectivity index (χ0) is 13.2. The molecule has 0 aliphatic heterocycles. The van der Waals surface area contributed by atoms with Gasteiger partial charge in [0.05, 0.1) is 18.2 Å². The zero-order valence-electron chi connectivity index (χ0n) is 10.1. The molecule has 1 aromatic rings. The summed E-state index contributed by atoms with van der Waals surface area (Å²) in [6.45, 7) is 0. The van der Waals surface area contributed by atoms with Crippen LogP contribution in [-0.2, 0) is 0 Å². The molecule has 1 aromatic carbocycles. The highest BCUT2D eigenvalue weighted by atomic mass is 79.9. The number of rotatable bonds is 4. The van der Waals surface area contributed by atoms with Crippen molar-refractivity contribution in [2.75, 3.05) is 12.4 Å². The van der Waals surface area contributed by atoms with Crippen molar-refractivity contribution in [3.8, 4) is 5.75 Å². The summed E-state index contributed by atoms with van der Waals surface area (Å²) < 4.78 is 18.6. The molecule has 1 fully saturated rings. The number of hydrogen-bond acceptors (Lipinski definition) is 2. The number of halogens is 2. The minimum absolute atomic E-state index is 0.0584. The molecule has 0 aromatic heterocycles. The molecule has 1 N–H and O–H groups in total. The molecule has 3 nitrogen and oxygen atoms in total. The van der Waals surface area contributed by atoms with Crippen molar-refractivity contribution in [1.29, 1.82) is 0 Å². The fourth-order valence-corrected chi connectivity index (χ4v) is 2.71. The summed E-state index contributed by atoms with van der Waals surface area (Å²) in [5, 5.41) is 3.61. The Balaban J connectivity index is 2.14. The second kappa shape index (κ2) is 5.26. The Morgan fingerprint density at radius 1 is 1.56 bits per heavy atom. The van der Waals surface area contributed by atoms with Crippen molar-refractivity contribution < 1.29 is 13.9 Å². The number of ether oxygens (including phenoxy) is 1. The molecule has 1 saturated carbocycles. The van der Waals surface area contributed by atoms with Crippen LogP contribution in [0.1, 0.15) is 29.6 Å². The SMILES string of the molecule is COc1ccc(C(=O)NC2(CBr)CCC2)c(F)c1. The first-order chi connectivity index (χ1) is 8.60. The Morgan fingerprint density at radius 3 is 2.72 bits per heavy atom. The van der Waals surface area contributed by atoms with Crippen molar-refractivity contribution in [3.05, 3.63) is 29.6 Å². The van der Waals surface area contributed by atoms with Gasteiger partial charge in [-0.25, -0.2) is 4.39 Å². The van der Waals surface area contributed by atoms with Gasteiger partial charge in [0.2, 0.25) is 0 Å². The van der Waals surface area contributed by atoms with E-state index in [0.717, 1.165) is 19.3 Å². The molecule has 1 aliphatic carbocycles. The first-order valence-corrected chi connectivity index (χ1v) is 6.94. The standard InChI is InChI=1S/C13H15BrFNO2/c1-18-9-3-4-10(11(15)7-9)12(17)16-13(8-14)5-2-6-13/h3-4,7H,2,5-6,8H2,1H3,(H,16,17). The van der Waals surface area contributed by atoms with E-state index in [9.17, 15) is 9.18 Å². The van der Waals surface area contributed by atoms with E-state index >= 15 is 0 Å². The number of benzene rings is 1. The summed E-state index contributed by atoms with van der Waals surface area (Å²) >= 11 is 3.40. The van der Waals surface area contributed by atoms with Crippen LogP contribution in [0.5, 0.6) is 5.75 Å². The smallest absolute Gasteiger partial charge is 0.254 e. The molecule has 0 unspecified atom stereocenters. The number of methoxy groups -OCH3 is 1. The lowest BCUT2D eigenvalue weighted by Crippen LogP contribution is -2.55. The Morgan fingerprint density at radius 2 is 2.28 bits per heavy atom. The highest BCUT2D eigenvalue weighted by molar-refractivity contribution is 9.09. The minimum atomic E-state index is -0.559. The number of carbonyl (C=O) groups is 1. The normalized spacial score (nSPS) is 16.8. The summed E-state index contributed by atoms with van der Waals surface area (Å²) in [5.41, 5.74) is -0.147. The molecule has 0 radical (unpaired) electrons. The summed E-state index contributed by atoms with van der Waals surface area (Å²) in [7, 11) is 1.46. The van der Waals surface area contributed by atoms with Gasteiger partial charge < -0.3 is 10.1 Å². The van der Waals surface area contributed by atoms with Crippen molar-refractivity contribution >= 4 is 21.8 Å². The third-order valence-electron chi connectivity index (χ3n) is 3.37. The van der Waals surface area contributed by atoms with Gasteiger partial charge in [-0.05, 0) is 31.4 Å². The van der Waals surface area contributed by atoms with E-state index in [0.29, 0.717) is 11.1 Å². The lowest BCUT2D eigenvalue weighted by molar-refractivity contribution is 0.0852.